The number of methoxy groups -OCH3 is 3. The first-order valence-electron chi connectivity index (χ1n) is 12.3. The number of benzene rings is 3. The van der Waals surface area contributed by atoms with Crippen molar-refractivity contribution in [3.8, 4) is 17.2 Å². The van der Waals surface area contributed by atoms with Crippen LogP contribution in [0, 0.1) is 23.7 Å². The summed E-state index contributed by atoms with van der Waals surface area (Å²) < 4.78 is 16.0. The average Bonchev–Trinajstić information content (AvgIpc) is 3.58. The molecular weight excluding hydrogens is 466 g/mol. The number of ether oxygens (including phenoxy) is 3. The minimum atomic E-state index is -0.411. The number of carbonyl (C=O) groups is 2. The van der Waals surface area contributed by atoms with Gasteiger partial charge < -0.3 is 14.2 Å². The lowest BCUT2D eigenvalue weighted by Crippen LogP contribution is -2.33. The third-order valence-electron chi connectivity index (χ3n) is 7.79. The summed E-state index contributed by atoms with van der Waals surface area (Å²) in [5.74, 6) is 0.829. The van der Waals surface area contributed by atoms with E-state index in [1.807, 2.05) is 48.5 Å². The lowest BCUT2D eigenvalue weighted by Gasteiger charge is -2.22. The van der Waals surface area contributed by atoms with Gasteiger partial charge in [0, 0.05) is 11.8 Å². The molecule has 3 aromatic rings. The number of anilines is 1. The zero-order valence-electron chi connectivity index (χ0n) is 20.9. The second-order valence-electron chi connectivity index (χ2n) is 9.49. The Bertz CT molecular complexity index is 1340. The molecule has 1 saturated heterocycles. The van der Waals surface area contributed by atoms with Crippen molar-refractivity contribution in [2.45, 2.75) is 0 Å². The number of nitrogens with zero attached hydrogens (tertiary/aromatic N) is 1. The molecule has 1 aliphatic heterocycles. The van der Waals surface area contributed by atoms with Crippen molar-refractivity contribution in [3.63, 3.8) is 0 Å². The topological polar surface area (TPSA) is 65.1 Å². The molecule has 186 valence electrons. The van der Waals surface area contributed by atoms with Crippen LogP contribution >= 0.6 is 0 Å². The standard InChI is InChI=1S/C31H27NO5/c1-35-21-10-4-18(5-11-21)26(19-6-12-22(36-2)13-7-19)27-24-16-17-25(27)29-28(24)30(33)32(31(29)34)20-8-14-23(37-3)15-9-20/h4-17,24-25,28-29H,1-3H3. The van der Waals surface area contributed by atoms with Gasteiger partial charge in [0.1, 0.15) is 17.2 Å². The first kappa shape index (κ1) is 23.1. The number of hydrogen-bond acceptors (Lipinski definition) is 5. The van der Waals surface area contributed by atoms with E-state index < -0.39 is 11.8 Å². The van der Waals surface area contributed by atoms with Crippen LogP contribution in [0.4, 0.5) is 5.69 Å². The minimum absolute atomic E-state index is 0.140. The highest BCUT2D eigenvalue weighted by Crippen LogP contribution is 2.59. The Balaban J connectivity index is 1.45. The number of allylic oxidation sites excluding steroid dienone is 3. The molecule has 0 spiro atoms. The maximum atomic E-state index is 13.7. The highest BCUT2D eigenvalue weighted by molar-refractivity contribution is 6.23. The van der Waals surface area contributed by atoms with Crippen LogP contribution in [0.15, 0.2) is 90.5 Å². The smallest absolute Gasteiger partial charge is 0.238 e. The van der Waals surface area contributed by atoms with E-state index in [9.17, 15) is 9.59 Å². The predicted molar refractivity (Wildman–Crippen MR) is 141 cm³/mol. The molecule has 4 atom stereocenters. The monoisotopic (exact) mass is 493 g/mol. The normalized spacial score (nSPS) is 23.4. The van der Waals surface area contributed by atoms with Gasteiger partial charge in [0.05, 0.1) is 38.9 Å². The number of amides is 2. The van der Waals surface area contributed by atoms with E-state index >= 15 is 0 Å². The maximum Gasteiger partial charge on any atom is 0.238 e. The molecule has 0 N–H and O–H groups in total. The third kappa shape index (κ3) is 3.55. The molecule has 1 heterocycles. The van der Waals surface area contributed by atoms with E-state index in [-0.39, 0.29) is 23.7 Å². The van der Waals surface area contributed by atoms with E-state index in [0.29, 0.717) is 11.4 Å². The molecule has 1 saturated carbocycles. The van der Waals surface area contributed by atoms with Crippen LogP contribution in [0.25, 0.3) is 5.57 Å². The van der Waals surface area contributed by atoms with E-state index in [0.717, 1.165) is 33.8 Å². The Hall–Kier alpha value is -4.32. The molecule has 37 heavy (non-hydrogen) atoms. The van der Waals surface area contributed by atoms with Crippen LogP contribution in [0.1, 0.15) is 11.1 Å². The van der Waals surface area contributed by atoms with Gasteiger partial charge in [-0.25, -0.2) is 4.90 Å². The van der Waals surface area contributed by atoms with Crippen molar-refractivity contribution in [1.82, 2.24) is 0 Å². The molecule has 2 amide bonds. The molecular formula is C31H27NO5. The molecule has 0 radical (unpaired) electrons. The highest BCUT2D eigenvalue weighted by Gasteiger charge is 2.62. The lowest BCUT2D eigenvalue weighted by molar-refractivity contribution is -0.122. The van der Waals surface area contributed by atoms with Gasteiger partial charge in [0.2, 0.25) is 11.8 Å². The van der Waals surface area contributed by atoms with E-state index in [1.54, 1.807) is 45.6 Å². The third-order valence-corrected chi connectivity index (χ3v) is 7.79. The van der Waals surface area contributed by atoms with Crippen molar-refractivity contribution >= 4 is 23.1 Å². The van der Waals surface area contributed by atoms with Crippen molar-refractivity contribution in [1.29, 1.82) is 0 Å². The van der Waals surface area contributed by atoms with Crippen LogP contribution in [0.2, 0.25) is 0 Å². The quantitative estimate of drug-likeness (QED) is 0.352. The Morgan fingerprint density at radius 3 is 1.35 bits per heavy atom. The van der Waals surface area contributed by atoms with Gasteiger partial charge in [-0.2, -0.15) is 0 Å². The summed E-state index contributed by atoms with van der Waals surface area (Å²) in [7, 11) is 4.88. The fourth-order valence-corrected chi connectivity index (χ4v) is 6.10. The molecule has 2 aliphatic carbocycles. The van der Waals surface area contributed by atoms with E-state index in [4.69, 9.17) is 14.2 Å². The molecule has 6 rings (SSSR count). The first-order chi connectivity index (χ1) is 18.0. The number of fused-ring (bicyclic) bond motifs is 5. The molecule has 2 bridgehead atoms. The Kier molecular flexibility index (Phi) is 5.60. The van der Waals surface area contributed by atoms with Crippen molar-refractivity contribution in [2.75, 3.05) is 26.2 Å². The summed E-state index contributed by atoms with van der Waals surface area (Å²) in [4.78, 5) is 28.8. The summed E-state index contributed by atoms with van der Waals surface area (Å²) in [5, 5.41) is 0. The molecule has 6 heteroatoms. The van der Waals surface area contributed by atoms with Crippen molar-refractivity contribution < 1.29 is 23.8 Å². The fraction of sp³-hybridized carbons (Fsp3) is 0.226. The first-order valence-corrected chi connectivity index (χ1v) is 12.3. The molecule has 4 unspecified atom stereocenters. The molecule has 0 aromatic heterocycles. The van der Waals surface area contributed by atoms with Gasteiger partial charge in [-0.3, -0.25) is 9.59 Å². The average molecular weight is 494 g/mol. The molecule has 6 nitrogen and oxygen atoms in total. The lowest BCUT2D eigenvalue weighted by atomic mass is 9.85. The minimum Gasteiger partial charge on any atom is -0.497 e. The van der Waals surface area contributed by atoms with Crippen LogP contribution in [0.5, 0.6) is 17.2 Å². The second-order valence-corrected chi connectivity index (χ2v) is 9.49. The maximum absolute atomic E-state index is 13.7. The summed E-state index contributed by atoms with van der Waals surface area (Å²) in [5.41, 5.74) is 4.80. The van der Waals surface area contributed by atoms with Crippen LogP contribution < -0.4 is 19.1 Å². The van der Waals surface area contributed by atoms with Gasteiger partial charge in [-0.05, 0) is 70.8 Å². The van der Waals surface area contributed by atoms with Crippen molar-refractivity contribution in [2.24, 2.45) is 23.7 Å². The predicted octanol–water partition coefficient (Wildman–Crippen LogP) is 5.14. The second kappa shape index (κ2) is 8.96. The van der Waals surface area contributed by atoms with Crippen LogP contribution in [0.3, 0.4) is 0 Å². The molecule has 3 aliphatic rings. The van der Waals surface area contributed by atoms with Crippen molar-refractivity contribution in [3.05, 3.63) is 102 Å². The largest absolute Gasteiger partial charge is 0.497 e. The summed E-state index contributed by atoms with van der Waals surface area (Å²) >= 11 is 0. The van der Waals surface area contributed by atoms with Crippen LogP contribution in [-0.4, -0.2) is 33.1 Å². The zero-order valence-corrected chi connectivity index (χ0v) is 20.9. The van der Waals surface area contributed by atoms with Gasteiger partial charge >= 0.3 is 0 Å². The highest BCUT2D eigenvalue weighted by atomic mass is 16.5. The Morgan fingerprint density at radius 1 is 0.595 bits per heavy atom. The van der Waals surface area contributed by atoms with Crippen LogP contribution in [-0.2, 0) is 9.59 Å². The summed E-state index contributed by atoms with van der Waals surface area (Å²) in [6.07, 6.45) is 4.22. The number of carbonyl (C=O) groups excluding carboxylic acids is 2. The summed E-state index contributed by atoms with van der Waals surface area (Å²) in [6, 6.07) is 23.0. The number of rotatable bonds is 6. The van der Waals surface area contributed by atoms with Gasteiger partial charge in [-0.1, -0.05) is 36.4 Å². The van der Waals surface area contributed by atoms with E-state index in [2.05, 4.69) is 12.2 Å². The van der Waals surface area contributed by atoms with Gasteiger partial charge in [0.15, 0.2) is 0 Å². The molecule has 2 fully saturated rings. The SMILES string of the molecule is COc1ccc(C(=C2C3C=CC2C2C(=O)N(c4ccc(OC)cc4)C(=O)C32)c2ccc(OC)cc2)cc1. The fourth-order valence-electron chi connectivity index (χ4n) is 6.10. The Morgan fingerprint density at radius 2 is 0.973 bits per heavy atom. The zero-order chi connectivity index (χ0) is 25.7. The number of hydrogen-bond donors (Lipinski definition) is 0. The Labute approximate surface area is 215 Å². The summed E-state index contributed by atoms with van der Waals surface area (Å²) in [6.45, 7) is 0. The molecule has 3 aromatic carbocycles. The van der Waals surface area contributed by atoms with E-state index in [1.165, 1.54) is 4.90 Å². The van der Waals surface area contributed by atoms with Gasteiger partial charge in [-0.15, -0.1) is 0 Å². The van der Waals surface area contributed by atoms with Gasteiger partial charge in [0.25, 0.3) is 0 Å². The number of imide groups is 1.